The summed E-state index contributed by atoms with van der Waals surface area (Å²) in [5, 5.41) is 0. The third kappa shape index (κ3) is 3.92. The van der Waals surface area contributed by atoms with Gasteiger partial charge in [-0.15, -0.1) is 3.89 Å². The molecule has 1 rings (SSSR count). The van der Waals surface area contributed by atoms with Crippen LogP contribution in [0.3, 0.4) is 0 Å². The highest BCUT2D eigenvalue weighted by Crippen LogP contribution is 2.24. The SMILES string of the molecule is CC(CS(=O)(=O)F)C1CCCN(C)C1. The molecule has 0 bridgehead atoms. The Morgan fingerprint density at radius 3 is 2.71 bits per heavy atom. The van der Waals surface area contributed by atoms with Crippen LogP contribution in [0, 0.1) is 11.8 Å². The minimum absolute atomic E-state index is 0.0762. The molecule has 0 spiro atoms. The van der Waals surface area contributed by atoms with Gasteiger partial charge in [0.05, 0.1) is 5.75 Å². The molecule has 0 aromatic carbocycles. The molecule has 84 valence electrons. The van der Waals surface area contributed by atoms with E-state index < -0.39 is 10.2 Å². The molecule has 1 saturated heterocycles. The molecule has 0 aliphatic carbocycles. The van der Waals surface area contributed by atoms with Crippen molar-refractivity contribution >= 4 is 10.2 Å². The fourth-order valence-electron chi connectivity index (χ4n) is 2.12. The van der Waals surface area contributed by atoms with Crippen molar-refractivity contribution in [3.8, 4) is 0 Å². The van der Waals surface area contributed by atoms with Gasteiger partial charge in [-0.25, -0.2) is 0 Å². The van der Waals surface area contributed by atoms with Crippen molar-refractivity contribution in [3.63, 3.8) is 0 Å². The van der Waals surface area contributed by atoms with Crippen molar-refractivity contribution in [1.29, 1.82) is 0 Å². The lowest BCUT2D eigenvalue weighted by atomic mass is 9.88. The second kappa shape index (κ2) is 4.57. The van der Waals surface area contributed by atoms with Crippen LogP contribution in [0.1, 0.15) is 19.8 Å². The molecule has 0 N–H and O–H groups in total. The fourth-order valence-corrected chi connectivity index (χ4v) is 3.02. The zero-order valence-corrected chi connectivity index (χ0v) is 9.56. The summed E-state index contributed by atoms with van der Waals surface area (Å²) >= 11 is 0. The fraction of sp³-hybridized carbons (Fsp3) is 1.00. The highest BCUT2D eigenvalue weighted by atomic mass is 32.3. The number of hydrogen-bond donors (Lipinski definition) is 0. The number of halogens is 1. The standard InChI is InChI=1S/C9H18FNO2S/c1-8(7-14(10,12)13)9-4-3-5-11(2)6-9/h8-9H,3-7H2,1-2H3. The van der Waals surface area contributed by atoms with Crippen LogP contribution in [0.2, 0.25) is 0 Å². The Kier molecular flexibility index (Phi) is 3.89. The topological polar surface area (TPSA) is 37.4 Å². The van der Waals surface area contributed by atoms with E-state index in [0.29, 0.717) is 5.92 Å². The van der Waals surface area contributed by atoms with Gasteiger partial charge in [0.1, 0.15) is 0 Å². The van der Waals surface area contributed by atoms with Gasteiger partial charge in [-0.05, 0) is 38.3 Å². The summed E-state index contributed by atoms with van der Waals surface area (Å²) in [7, 11) is -2.29. The van der Waals surface area contributed by atoms with Gasteiger partial charge in [-0.1, -0.05) is 6.92 Å². The lowest BCUT2D eigenvalue weighted by Crippen LogP contribution is -2.36. The Bertz CT molecular complexity index is 279. The number of hydrogen-bond acceptors (Lipinski definition) is 3. The summed E-state index contributed by atoms with van der Waals surface area (Å²) in [4.78, 5) is 2.18. The molecular weight excluding hydrogens is 205 g/mol. The molecule has 0 saturated carbocycles. The average molecular weight is 223 g/mol. The second-order valence-corrected chi connectivity index (χ2v) is 5.76. The van der Waals surface area contributed by atoms with Gasteiger partial charge < -0.3 is 4.90 Å². The Balaban J connectivity index is 2.47. The first-order valence-electron chi connectivity index (χ1n) is 4.99. The van der Waals surface area contributed by atoms with Crippen LogP contribution < -0.4 is 0 Å². The van der Waals surface area contributed by atoms with Gasteiger partial charge in [0.15, 0.2) is 0 Å². The summed E-state index contributed by atoms with van der Waals surface area (Å²) < 4.78 is 33.4. The van der Waals surface area contributed by atoms with E-state index in [1.807, 2.05) is 14.0 Å². The first-order valence-corrected chi connectivity index (χ1v) is 6.54. The molecule has 1 aliphatic heterocycles. The number of likely N-dealkylation sites (tertiary alicyclic amines) is 1. The van der Waals surface area contributed by atoms with Gasteiger partial charge in [0.25, 0.3) is 0 Å². The summed E-state index contributed by atoms with van der Waals surface area (Å²) in [6.07, 6.45) is 2.10. The predicted molar refractivity (Wildman–Crippen MR) is 54.3 cm³/mol. The van der Waals surface area contributed by atoms with Crippen molar-refractivity contribution in [2.45, 2.75) is 19.8 Å². The monoisotopic (exact) mass is 223 g/mol. The van der Waals surface area contributed by atoms with Crippen LogP contribution in [0.15, 0.2) is 0 Å². The number of nitrogens with zero attached hydrogens (tertiary/aromatic N) is 1. The van der Waals surface area contributed by atoms with Crippen LogP contribution in [-0.4, -0.2) is 39.2 Å². The van der Waals surface area contributed by atoms with Crippen LogP contribution in [0.4, 0.5) is 3.89 Å². The molecule has 2 unspecified atom stereocenters. The molecule has 1 aliphatic rings. The van der Waals surface area contributed by atoms with Crippen molar-refractivity contribution in [1.82, 2.24) is 4.90 Å². The number of piperidine rings is 1. The lowest BCUT2D eigenvalue weighted by Gasteiger charge is -2.32. The quantitative estimate of drug-likeness (QED) is 0.676. The van der Waals surface area contributed by atoms with Crippen molar-refractivity contribution in [2.75, 3.05) is 25.9 Å². The molecule has 2 atom stereocenters. The highest BCUT2D eigenvalue weighted by molar-refractivity contribution is 7.86. The Morgan fingerprint density at radius 1 is 1.57 bits per heavy atom. The molecule has 1 fully saturated rings. The molecule has 14 heavy (non-hydrogen) atoms. The zero-order chi connectivity index (χ0) is 10.8. The molecule has 0 aromatic rings. The van der Waals surface area contributed by atoms with Crippen molar-refractivity contribution < 1.29 is 12.3 Å². The normalized spacial score (nSPS) is 27.5. The first kappa shape index (κ1) is 11.9. The third-order valence-corrected chi connectivity index (χ3v) is 3.85. The maximum atomic E-state index is 12.5. The molecule has 0 aromatic heterocycles. The summed E-state index contributed by atoms with van der Waals surface area (Å²) in [5.41, 5.74) is 0. The van der Waals surface area contributed by atoms with Crippen molar-refractivity contribution in [3.05, 3.63) is 0 Å². The average Bonchev–Trinajstić information content (AvgIpc) is 2.01. The molecule has 0 radical (unpaired) electrons. The van der Waals surface area contributed by atoms with E-state index >= 15 is 0 Å². The Labute approximate surface area is 85.5 Å². The Hall–Kier alpha value is -0.160. The van der Waals surface area contributed by atoms with E-state index in [0.717, 1.165) is 25.9 Å². The highest BCUT2D eigenvalue weighted by Gasteiger charge is 2.26. The number of rotatable bonds is 3. The van der Waals surface area contributed by atoms with Gasteiger partial charge in [0.2, 0.25) is 0 Å². The van der Waals surface area contributed by atoms with E-state index in [1.165, 1.54) is 0 Å². The smallest absolute Gasteiger partial charge is 0.302 e. The van der Waals surface area contributed by atoms with Gasteiger partial charge >= 0.3 is 10.2 Å². The van der Waals surface area contributed by atoms with E-state index in [1.54, 1.807) is 0 Å². The summed E-state index contributed by atoms with van der Waals surface area (Å²) in [6, 6.07) is 0. The first-order chi connectivity index (χ1) is 6.38. The summed E-state index contributed by atoms with van der Waals surface area (Å²) in [5.74, 6) is -0.0853. The minimum Gasteiger partial charge on any atom is -0.306 e. The van der Waals surface area contributed by atoms with Gasteiger partial charge in [-0.2, -0.15) is 8.42 Å². The van der Waals surface area contributed by atoms with Gasteiger partial charge in [0, 0.05) is 6.54 Å². The third-order valence-electron chi connectivity index (χ3n) is 2.93. The van der Waals surface area contributed by atoms with Crippen molar-refractivity contribution in [2.24, 2.45) is 11.8 Å². The predicted octanol–water partition coefficient (Wildman–Crippen LogP) is 1.26. The second-order valence-electron chi connectivity index (χ2n) is 4.35. The maximum Gasteiger partial charge on any atom is 0.302 e. The summed E-state index contributed by atoms with van der Waals surface area (Å²) in [6.45, 7) is 3.77. The largest absolute Gasteiger partial charge is 0.306 e. The van der Waals surface area contributed by atoms with Crippen LogP contribution in [0.25, 0.3) is 0 Å². The molecule has 5 heteroatoms. The molecular formula is C9H18FNO2S. The van der Waals surface area contributed by atoms with Crippen LogP contribution >= 0.6 is 0 Å². The maximum absolute atomic E-state index is 12.5. The van der Waals surface area contributed by atoms with Crippen LogP contribution in [0.5, 0.6) is 0 Å². The molecule has 3 nitrogen and oxygen atoms in total. The van der Waals surface area contributed by atoms with Gasteiger partial charge in [-0.3, -0.25) is 0 Å². The van der Waals surface area contributed by atoms with E-state index in [9.17, 15) is 12.3 Å². The lowest BCUT2D eigenvalue weighted by molar-refractivity contribution is 0.174. The Morgan fingerprint density at radius 2 is 2.21 bits per heavy atom. The van der Waals surface area contributed by atoms with E-state index in [4.69, 9.17) is 0 Å². The molecule has 1 heterocycles. The minimum atomic E-state index is -4.31. The zero-order valence-electron chi connectivity index (χ0n) is 8.74. The van der Waals surface area contributed by atoms with E-state index in [-0.39, 0.29) is 11.7 Å². The molecule has 0 amide bonds. The van der Waals surface area contributed by atoms with E-state index in [2.05, 4.69) is 4.90 Å². The van der Waals surface area contributed by atoms with Crippen LogP contribution in [-0.2, 0) is 10.2 Å².